The van der Waals surface area contributed by atoms with Crippen molar-refractivity contribution in [3.63, 3.8) is 0 Å². The van der Waals surface area contributed by atoms with E-state index in [1.165, 1.54) is 31.3 Å². The van der Waals surface area contributed by atoms with Crippen LogP contribution in [-0.2, 0) is 0 Å². The Morgan fingerprint density at radius 3 is 2.00 bits per heavy atom. The third-order valence-corrected chi connectivity index (χ3v) is 2.06. The van der Waals surface area contributed by atoms with Crippen LogP contribution in [-0.4, -0.2) is 0 Å². The van der Waals surface area contributed by atoms with Gasteiger partial charge in [0.25, 0.3) is 0 Å². The SMILES string of the molecule is C=CC(=C)C(CCC)CCC. The Balaban J connectivity index is 3.86. The summed E-state index contributed by atoms with van der Waals surface area (Å²) in [5.41, 5.74) is 1.22. The van der Waals surface area contributed by atoms with Crippen molar-refractivity contribution in [1.29, 1.82) is 0 Å². The summed E-state index contributed by atoms with van der Waals surface area (Å²) in [6.07, 6.45) is 6.92. The fraction of sp³-hybridized carbons (Fsp3) is 0.636. The molecule has 0 saturated heterocycles. The minimum Gasteiger partial charge on any atom is -0.0988 e. The Morgan fingerprint density at radius 1 is 1.27 bits per heavy atom. The van der Waals surface area contributed by atoms with Gasteiger partial charge in [-0.2, -0.15) is 0 Å². The van der Waals surface area contributed by atoms with E-state index in [1.54, 1.807) is 0 Å². The zero-order valence-corrected chi connectivity index (χ0v) is 7.90. The summed E-state index contributed by atoms with van der Waals surface area (Å²) in [5, 5.41) is 0. The van der Waals surface area contributed by atoms with Crippen molar-refractivity contribution < 1.29 is 0 Å². The Labute approximate surface area is 71.0 Å². The lowest BCUT2D eigenvalue weighted by Gasteiger charge is -2.14. The van der Waals surface area contributed by atoms with Crippen LogP contribution in [0.15, 0.2) is 24.8 Å². The van der Waals surface area contributed by atoms with Crippen LogP contribution in [0.3, 0.4) is 0 Å². The molecular weight excluding hydrogens is 132 g/mol. The van der Waals surface area contributed by atoms with Crippen LogP contribution in [0.5, 0.6) is 0 Å². The summed E-state index contributed by atoms with van der Waals surface area (Å²) < 4.78 is 0. The zero-order chi connectivity index (χ0) is 8.69. The normalized spacial score (nSPS) is 10.1. The van der Waals surface area contributed by atoms with Crippen LogP contribution in [0.1, 0.15) is 39.5 Å². The van der Waals surface area contributed by atoms with Crippen molar-refractivity contribution in [2.45, 2.75) is 39.5 Å². The number of rotatable bonds is 6. The molecule has 0 aliphatic rings. The molecule has 0 atom stereocenters. The lowest BCUT2D eigenvalue weighted by molar-refractivity contribution is 0.514. The third-order valence-electron chi connectivity index (χ3n) is 2.06. The van der Waals surface area contributed by atoms with Gasteiger partial charge in [0, 0.05) is 0 Å². The molecule has 0 bridgehead atoms. The molecule has 0 amide bonds. The molecule has 0 spiro atoms. The molecular formula is C11H20. The van der Waals surface area contributed by atoms with E-state index in [1.807, 2.05) is 6.08 Å². The highest BCUT2D eigenvalue weighted by atomic mass is 14.1. The molecule has 11 heavy (non-hydrogen) atoms. The molecule has 0 nitrogen and oxygen atoms in total. The summed E-state index contributed by atoms with van der Waals surface area (Å²) in [5.74, 6) is 0.683. The molecule has 0 fully saturated rings. The maximum absolute atomic E-state index is 3.99. The first-order chi connectivity index (χ1) is 5.26. The van der Waals surface area contributed by atoms with E-state index < -0.39 is 0 Å². The third kappa shape index (κ3) is 4.02. The van der Waals surface area contributed by atoms with Gasteiger partial charge in [-0.25, -0.2) is 0 Å². The second kappa shape index (κ2) is 6.21. The van der Waals surface area contributed by atoms with Crippen LogP contribution in [0, 0.1) is 5.92 Å². The minimum absolute atomic E-state index is 0.683. The van der Waals surface area contributed by atoms with Crippen molar-refractivity contribution >= 4 is 0 Å². The number of allylic oxidation sites excluding steroid dienone is 2. The van der Waals surface area contributed by atoms with Gasteiger partial charge in [0.2, 0.25) is 0 Å². The van der Waals surface area contributed by atoms with E-state index in [0.717, 1.165) is 0 Å². The Morgan fingerprint density at radius 2 is 1.73 bits per heavy atom. The van der Waals surface area contributed by atoms with E-state index in [9.17, 15) is 0 Å². The monoisotopic (exact) mass is 152 g/mol. The van der Waals surface area contributed by atoms with Gasteiger partial charge < -0.3 is 0 Å². The lowest BCUT2D eigenvalue weighted by atomic mass is 9.91. The average molecular weight is 152 g/mol. The van der Waals surface area contributed by atoms with Gasteiger partial charge in [0.05, 0.1) is 0 Å². The summed E-state index contributed by atoms with van der Waals surface area (Å²) in [4.78, 5) is 0. The van der Waals surface area contributed by atoms with Gasteiger partial charge in [-0.15, -0.1) is 0 Å². The van der Waals surface area contributed by atoms with Crippen LogP contribution >= 0.6 is 0 Å². The summed E-state index contributed by atoms with van der Waals surface area (Å²) in [6.45, 7) is 12.2. The van der Waals surface area contributed by atoms with E-state index in [-0.39, 0.29) is 0 Å². The molecule has 64 valence electrons. The van der Waals surface area contributed by atoms with Gasteiger partial charge in [-0.3, -0.25) is 0 Å². The topological polar surface area (TPSA) is 0 Å². The Bertz CT molecular complexity index is 116. The van der Waals surface area contributed by atoms with Crippen molar-refractivity contribution in [3.05, 3.63) is 24.8 Å². The maximum Gasteiger partial charge on any atom is -0.0168 e. The van der Waals surface area contributed by atoms with E-state index in [4.69, 9.17) is 0 Å². The van der Waals surface area contributed by atoms with Gasteiger partial charge in [-0.05, 0) is 18.8 Å². The zero-order valence-electron chi connectivity index (χ0n) is 7.90. The first-order valence-corrected chi connectivity index (χ1v) is 4.57. The standard InChI is InChI=1S/C11H20/c1-5-8-11(9-6-2)10(4)7-3/h7,11H,3-6,8-9H2,1-2H3. The number of hydrogen-bond acceptors (Lipinski definition) is 0. The molecule has 0 aromatic carbocycles. The van der Waals surface area contributed by atoms with Crippen LogP contribution < -0.4 is 0 Å². The highest BCUT2D eigenvalue weighted by Gasteiger charge is 2.06. The molecule has 0 aliphatic carbocycles. The molecule has 0 aromatic heterocycles. The Kier molecular flexibility index (Phi) is 5.91. The van der Waals surface area contributed by atoms with Crippen molar-refractivity contribution in [1.82, 2.24) is 0 Å². The molecule has 0 unspecified atom stereocenters. The molecule has 0 radical (unpaired) electrons. The van der Waals surface area contributed by atoms with E-state index >= 15 is 0 Å². The molecule has 0 aliphatic heterocycles. The largest absolute Gasteiger partial charge is 0.0988 e. The smallest absolute Gasteiger partial charge is 0.0168 e. The minimum atomic E-state index is 0.683. The summed E-state index contributed by atoms with van der Waals surface area (Å²) in [7, 11) is 0. The van der Waals surface area contributed by atoms with Crippen molar-refractivity contribution in [2.24, 2.45) is 5.92 Å². The summed E-state index contributed by atoms with van der Waals surface area (Å²) in [6, 6.07) is 0. The molecule has 0 heteroatoms. The van der Waals surface area contributed by atoms with Crippen LogP contribution in [0.2, 0.25) is 0 Å². The first-order valence-electron chi connectivity index (χ1n) is 4.57. The molecule has 0 aromatic rings. The van der Waals surface area contributed by atoms with Gasteiger partial charge >= 0.3 is 0 Å². The highest BCUT2D eigenvalue weighted by molar-refractivity contribution is 5.14. The second-order valence-electron chi connectivity index (χ2n) is 3.05. The van der Waals surface area contributed by atoms with Crippen LogP contribution in [0.4, 0.5) is 0 Å². The predicted molar refractivity (Wildman–Crippen MR) is 52.6 cm³/mol. The fourth-order valence-electron chi connectivity index (χ4n) is 1.38. The van der Waals surface area contributed by atoms with E-state index in [0.29, 0.717) is 5.92 Å². The van der Waals surface area contributed by atoms with Gasteiger partial charge in [0.1, 0.15) is 0 Å². The quantitative estimate of drug-likeness (QED) is 0.506. The molecule has 0 N–H and O–H groups in total. The van der Waals surface area contributed by atoms with Crippen molar-refractivity contribution in [3.8, 4) is 0 Å². The number of hydrogen-bond donors (Lipinski definition) is 0. The maximum atomic E-state index is 3.99. The molecule has 0 rings (SSSR count). The predicted octanol–water partition coefficient (Wildman–Crippen LogP) is 3.95. The highest BCUT2D eigenvalue weighted by Crippen LogP contribution is 2.21. The Hall–Kier alpha value is -0.520. The van der Waals surface area contributed by atoms with Crippen molar-refractivity contribution in [2.75, 3.05) is 0 Å². The second-order valence-corrected chi connectivity index (χ2v) is 3.05. The fourth-order valence-corrected chi connectivity index (χ4v) is 1.38. The molecule has 0 heterocycles. The van der Waals surface area contributed by atoms with Crippen LogP contribution in [0.25, 0.3) is 0 Å². The first kappa shape index (κ1) is 10.5. The van der Waals surface area contributed by atoms with E-state index in [2.05, 4.69) is 27.0 Å². The molecule has 0 saturated carbocycles. The summed E-state index contributed by atoms with van der Waals surface area (Å²) >= 11 is 0. The lowest BCUT2D eigenvalue weighted by Crippen LogP contribution is -2.00. The van der Waals surface area contributed by atoms with Gasteiger partial charge in [-0.1, -0.05) is 51.5 Å². The average Bonchev–Trinajstić information content (AvgIpc) is 2.03. The van der Waals surface area contributed by atoms with Gasteiger partial charge in [0.15, 0.2) is 0 Å².